The maximum Gasteiger partial charge on any atom is 0.308 e. The fraction of sp³-hybridized carbons (Fsp3) is 0.0952. The van der Waals surface area contributed by atoms with Crippen molar-refractivity contribution in [1.82, 2.24) is 19.1 Å². The number of aromatic nitrogens is 4. The lowest BCUT2D eigenvalue weighted by molar-refractivity contribution is 0.815. The molecule has 5 rings (SSSR count). The van der Waals surface area contributed by atoms with E-state index in [1.54, 1.807) is 17.0 Å². The molecule has 138 valence electrons. The lowest BCUT2D eigenvalue weighted by atomic mass is 10.2. The Bertz CT molecular complexity index is 1380. The number of benzene rings is 2. The van der Waals surface area contributed by atoms with Crippen molar-refractivity contribution in [2.24, 2.45) is 0 Å². The Morgan fingerprint density at radius 2 is 1.89 bits per heavy atom. The molecule has 5 nitrogen and oxygen atoms in total. The zero-order chi connectivity index (χ0) is 19.3. The Balaban J connectivity index is 1.53. The fourth-order valence-electron chi connectivity index (χ4n) is 3.50. The summed E-state index contributed by atoms with van der Waals surface area (Å²) in [7, 11) is 0. The lowest BCUT2D eigenvalue weighted by Gasteiger charge is -2.09. The van der Waals surface area contributed by atoms with E-state index in [4.69, 9.17) is 11.6 Å². The maximum absolute atomic E-state index is 12.4. The zero-order valence-corrected chi connectivity index (χ0v) is 16.5. The second-order valence-electron chi connectivity index (χ2n) is 6.59. The average molecular weight is 407 g/mol. The van der Waals surface area contributed by atoms with Gasteiger partial charge in [-0.2, -0.15) is 0 Å². The van der Waals surface area contributed by atoms with Crippen LogP contribution >= 0.6 is 22.9 Å². The highest BCUT2D eigenvalue weighted by Gasteiger charge is 2.11. The van der Waals surface area contributed by atoms with E-state index in [0.717, 1.165) is 38.3 Å². The first-order valence-corrected chi connectivity index (χ1v) is 9.97. The van der Waals surface area contributed by atoms with Crippen LogP contribution in [0.4, 0.5) is 0 Å². The molecule has 0 radical (unpaired) electrons. The highest BCUT2D eigenvalue weighted by Crippen LogP contribution is 2.24. The minimum absolute atomic E-state index is 0.0188. The molecule has 3 aromatic heterocycles. The van der Waals surface area contributed by atoms with Crippen molar-refractivity contribution in [3.63, 3.8) is 0 Å². The van der Waals surface area contributed by atoms with E-state index >= 15 is 0 Å². The Kier molecular flexibility index (Phi) is 4.03. The molecule has 2 aromatic carbocycles. The van der Waals surface area contributed by atoms with Crippen molar-refractivity contribution in [2.45, 2.75) is 13.5 Å². The van der Waals surface area contributed by atoms with Crippen molar-refractivity contribution >= 4 is 44.2 Å². The molecule has 0 aliphatic rings. The van der Waals surface area contributed by atoms with Crippen molar-refractivity contribution in [3.8, 4) is 5.69 Å². The first-order valence-electron chi connectivity index (χ1n) is 8.77. The van der Waals surface area contributed by atoms with Crippen LogP contribution in [0.1, 0.15) is 11.4 Å². The van der Waals surface area contributed by atoms with Gasteiger partial charge in [0.15, 0.2) is 0 Å². The average Bonchev–Trinajstić information content (AvgIpc) is 3.18. The van der Waals surface area contributed by atoms with Crippen LogP contribution in [0.2, 0.25) is 5.02 Å². The summed E-state index contributed by atoms with van der Waals surface area (Å²) in [5.74, 6) is 0.908. The number of thiazole rings is 1. The molecule has 3 heterocycles. The number of aryl methyl sites for hydroxylation is 1. The summed E-state index contributed by atoms with van der Waals surface area (Å²) >= 11 is 7.36. The number of rotatable bonds is 3. The van der Waals surface area contributed by atoms with Gasteiger partial charge in [0.25, 0.3) is 0 Å². The van der Waals surface area contributed by atoms with Crippen LogP contribution in [0.15, 0.2) is 65.7 Å². The fourth-order valence-corrected chi connectivity index (χ4v) is 4.53. The molecule has 28 heavy (non-hydrogen) atoms. The van der Waals surface area contributed by atoms with E-state index in [-0.39, 0.29) is 4.87 Å². The van der Waals surface area contributed by atoms with E-state index in [2.05, 4.69) is 26.7 Å². The normalized spacial score (nSPS) is 11.5. The van der Waals surface area contributed by atoms with Gasteiger partial charge in [0, 0.05) is 16.9 Å². The van der Waals surface area contributed by atoms with Crippen LogP contribution in [0.25, 0.3) is 26.9 Å². The smallest absolute Gasteiger partial charge is 0.296 e. The molecule has 0 spiro atoms. The summed E-state index contributed by atoms with van der Waals surface area (Å²) in [6.07, 6.45) is 3.54. The van der Waals surface area contributed by atoms with Gasteiger partial charge in [-0.25, -0.2) is 4.98 Å². The van der Waals surface area contributed by atoms with Crippen LogP contribution in [0.5, 0.6) is 0 Å². The van der Waals surface area contributed by atoms with Crippen LogP contribution in [-0.4, -0.2) is 19.1 Å². The molecule has 0 saturated heterocycles. The molecular formula is C21H15ClN4OS. The quantitative estimate of drug-likeness (QED) is 0.432. The Hall–Kier alpha value is -2.96. The third kappa shape index (κ3) is 2.82. The lowest BCUT2D eigenvalue weighted by Crippen LogP contribution is -2.13. The summed E-state index contributed by atoms with van der Waals surface area (Å²) in [5.41, 5.74) is 4.84. The number of hydrogen-bond acceptors (Lipinski definition) is 4. The molecule has 7 heteroatoms. The molecule has 0 aliphatic heterocycles. The van der Waals surface area contributed by atoms with Gasteiger partial charge in [-0.1, -0.05) is 35.1 Å². The number of imidazole rings is 1. The predicted octanol–water partition coefficient (Wildman–Crippen LogP) is 4.81. The van der Waals surface area contributed by atoms with Crippen molar-refractivity contribution in [2.75, 3.05) is 0 Å². The monoisotopic (exact) mass is 406 g/mol. The minimum Gasteiger partial charge on any atom is -0.296 e. The van der Waals surface area contributed by atoms with Gasteiger partial charge in [0.2, 0.25) is 0 Å². The molecule has 0 aliphatic carbocycles. The number of pyridine rings is 1. The van der Waals surface area contributed by atoms with Crippen LogP contribution in [-0.2, 0) is 6.54 Å². The van der Waals surface area contributed by atoms with Gasteiger partial charge in [-0.3, -0.25) is 18.9 Å². The standard InChI is InChI=1S/C21H15ClN4OS/c1-13-24-17-11-23-9-8-18(17)26(13)16-5-2-14(3-6-16)12-25-19-10-15(22)4-7-20(19)28-21(25)27/h2-11H,12H2,1H3. The largest absolute Gasteiger partial charge is 0.308 e. The molecule has 0 unspecified atom stereocenters. The van der Waals surface area contributed by atoms with Crippen molar-refractivity contribution in [1.29, 1.82) is 0 Å². The summed E-state index contributed by atoms with van der Waals surface area (Å²) in [5, 5.41) is 0.631. The molecule has 0 atom stereocenters. The van der Waals surface area contributed by atoms with Gasteiger partial charge in [-0.05, 0) is 48.9 Å². The predicted molar refractivity (Wildman–Crippen MR) is 114 cm³/mol. The van der Waals surface area contributed by atoms with Gasteiger partial charge in [0.1, 0.15) is 11.3 Å². The van der Waals surface area contributed by atoms with Gasteiger partial charge < -0.3 is 0 Å². The second-order valence-corrected chi connectivity index (χ2v) is 8.02. The van der Waals surface area contributed by atoms with Crippen LogP contribution in [0.3, 0.4) is 0 Å². The molecule has 0 N–H and O–H groups in total. The van der Waals surface area contributed by atoms with E-state index in [1.807, 2.05) is 43.3 Å². The molecule has 0 amide bonds. The van der Waals surface area contributed by atoms with E-state index in [1.165, 1.54) is 11.3 Å². The van der Waals surface area contributed by atoms with Gasteiger partial charge in [0.05, 0.1) is 28.5 Å². The van der Waals surface area contributed by atoms with E-state index in [9.17, 15) is 4.79 Å². The highest BCUT2D eigenvalue weighted by atomic mass is 35.5. The Morgan fingerprint density at radius 3 is 2.71 bits per heavy atom. The Morgan fingerprint density at radius 1 is 1.07 bits per heavy atom. The summed E-state index contributed by atoms with van der Waals surface area (Å²) in [6, 6.07) is 15.7. The first-order chi connectivity index (χ1) is 13.6. The molecule has 5 aromatic rings. The summed E-state index contributed by atoms with van der Waals surface area (Å²) < 4.78 is 4.82. The second kappa shape index (κ2) is 6.58. The topological polar surface area (TPSA) is 52.7 Å². The molecule has 0 saturated carbocycles. The Labute approximate surface area is 169 Å². The third-order valence-corrected chi connectivity index (χ3v) is 5.98. The van der Waals surface area contributed by atoms with E-state index < -0.39 is 0 Å². The van der Waals surface area contributed by atoms with Crippen LogP contribution in [0, 0.1) is 6.92 Å². The minimum atomic E-state index is 0.0188. The van der Waals surface area contributed by atoms with Gasteiger partial charge in [-0.15, -0.1) is 0 Å². The van der Waals surface area contributed by atoms with Crippen LogP contribution < -0.4 is 4.87 Å². The number of halogens is 1. The third-order valence-electron chi connectivity index (χ3n) is 4.79. The van der Waals surface area contributed by atoms with Crippen molar-refractivity contribution < 1.29 is 0 Å². The highest BCUT2D eigenvalue weighted by molar-refractivity contribution is 7.16. The maximum atomic E-state index is 12.4. The number of hydrogen-bond donors (Lipinski definition) is 0. The molecule has 0 fully saturated rings. The van der Waals surface area contributed by atoms with Crippen molar-refractivity contribution in [3.05, 3.63) is 87.0 Å². The zero-order valence-electron chi connectivity index (χ0n) is 15.0. The SMILES string of the molecule is Cc1nc2cnccc2n1-c1ccc(Cn2c(=O)sc3ccc(Cl)cc32)cc1. The summed E-state index contributed by atoms with van der Waals surface area (Å²) in [6.45, 7) is 2.49. The summed E-state index contributed by atoms with van der Waals surface area (Å²) in [4.78, 5) is 21.1. The number of nitrogens with zero attached hydrogens (tertiary/aromatic N) is 4. The number of fused-ring (bicyclic) bond motifs is 2. The molecular weight excluding hydrogens is 392 g/mol. The van der Waals surface area contributed by atoms with E-state index in [0.29, 0.717) is 11.6 Å². The van der Waals surface area contributed by atoms with Gasteiger partial charge >= 0.3 is 4.87 Å². The molecule has 0 bridgehead atoms. The first kappa shape index (κ1) is 17.2.